The monoisotopic (exact) mass is 430 g/mol. The molecule has 1 heterocycles. The summed E-state index contributed by atoms with van der Waals surface area (Å²) in [5, 5.41) is 5.07. The molecule has 0 aliphatic heterocycles. The van der Waals surface area contributed by atoms with E-state index in [4.69, 9.17) is 4.74 Å². The maximum Gasteiger partial charge on any atom is 0.412 e. The molecule has 11 heteroatoms. The van der Waals surface area contributed by atoms with E-state index in [1.165, 1.54) is 17.8 Å². The fourth-order valence-corrected chi connectivity index (χ4v) is 3.04. The number of ether oxygens (including phenoxy) is 1. The minimum atomic E-state index is -3.87. The van der Waals surface area contributed by atoms with Crippen LogP contribution in [0.4, 0.5) is 4.79 Å². The van der Waals surface area contributed by atoms with E-state index in [1.807, 2.05) is 13.8 Å². The highest BCUT2D eigenvalue weighted by Gasteiger charge is 2.21. The number of nitrogens with one attached hydrogen (secondary N) is 2. The predicted molar refractivity (Wildman–Crippen MR) is 103 cm³/mol. The molecule has 0 aliphatic rings. The van der Waals surface area contributed by atoms with Crippen LogP contribution in [0.1, 0.15) is 37.0 Å². The normalized spacial score (nSPS) is 12.2. The molecule has 0 saturated heterocycles. The van der Waals surface area contributed by atoms with Gasteiger partial charge in [0.2, 0.25) is 0 Å². The number of carbonyl (C=O) groups is 3. The van der Waals surface area contributed by atoms with Gasteiger partial charge in [-0.3, -0.25) is 9.59 Å². The number of aromatic nitrogens is 1. The van der Waals surface area contributed by atoms with Gasteiger partial charge >= 0.3 is 22.2 Å². The minimum absolute atomic E-state index is 0.109. The molecule has 0 fully saturated rings. The van der Waals surface area contributed by atoms with E-state index in [2.05, 4.69) is 14.8 Å². The number of nitrogens with zero attached hydrogens (tertiary/aromatic N) is 1. The lowest BCUT2D eigenvalue weighted by molar-refractivity contribution is -0.727. The van der Waals surface area contributed by atoms with Crippen molar-refractivity contribution in [2.45, 2.75) is 33.4 Å². The van der Waals surface area contributed by atoms with Gasteiger partial charge in [-0.05, 0) is 24.3 Å². The molecule has 10 nitrogen and oxygen atoms in total. The van der Waals surface area contributed by atoms with E-state index in [1.54, 1.807) is 18.3 Å². The lowest BCUT2D eigenvalue weighted by Gasteiger charge is -2.18. The summed E-state index contributed by atoms with van der Waals surface area (Å²) in [5.74, 6) is -1.20. The number of hydrogen-bond donors (Lipinski definition) is 2. The predicted octanol–water partition coefficient (Wildman–Crippen LogP) is 0.573. The molecule has 2 amide bonds. The highest BCUT2D eigenvalue weighted by Crippen LogP contribution is 2.16. The second-order valence-electron chi connectivity index (χ2n) is 6.99. The smallest absolute Gasteiger partial charge is 0.388 e. The molecule has 1 unspecified atom stereocenters. The van der Waals surface area contributed by atoms with Gasteiger partial charge in [0.1, 0.15) is 5.56 Å². The fraction of sp³-hybridized carbons (Fsp3) is 0.556. The lowest BCUT2D eigenvalue weighted by atomic mass is 9.94. The van der Waals surface area contributed by atoms with Crippen LogP contribution in [0, 0.1) is 11.8 Å². The molecule has 1 atom stereocenters. The van der Waals surface area contributed by atoms with Gasteiger partial charge in [0.15, 0.2) is 12.4 Å². The van der Waals surface area contributed by atoms with Crippen LogP contribution in [-0.2, 0) is 30.6 Å². The van der Waals surface area contributed by atoms with Crippen molar-refractivity contribution < 1.29 is 36.3 Å². The Hall–Kier alpha value is -2.69. The third-order valence-corrected chi connectivity index (χ3v) is 4.22. The molecule has 0 bridgehead atoms. The molecule has 29 heavy (non-hydrogen) atoms. The molecular formula is C18H28N3O7S+. The second kappa shape index (κ2) is 11.3. The third-order valence-electron chi connectivity index (χ3n) is 3.73. The van der Waals surface area contributed by atoms with Crippen LogP contribution in [0.3, 0.4) is 0 Å². The molecule has 2 N–H and O–H groups in total. The van der Waals surface area contributed by atoms with Crippen molar-refractivity contribution in [1.82, 2.24) is 10.6 Å². The summed E-state index contributed by atoms with van der Waals surface area (Å²) >= 11 is 0. The van der Waals surface area contributed by atoms with Crippen LogP contribution in [0.2, 0.25) is 0 Å². The van der Waals surface area contributed by atoms with Crippen molar-refractivity contribution in [1.29, 1.82) is 0 Å². The van der Waals surface area contributed by atoms with Crippen molar-refractivity contribution in [3.8, 4) is 0 Å². The van der Waals surface area contributed by atoms with Gasteiger partial charge in [0.25, 0.3) is 12.6 Å². The van der Waals surface area contributed by atoms with E-state index in [0.29, 0.717) is 12.0 Å². The molecule has 1 aromatic heterocycles. The van der Waals surface area contributed by atoms with Crippen LogP contribution >= 0.6 is 0 Å². The Labute approximate surface area is 170 Å². The number of carbonyl (C=O) groups excluding carboxylic acids is 3. The fourth-order valence-electron chi connectivity index (χ4n) is 2.64. The number of hydrogen-bond acceptors (Lipinski definition) is 7. The van der Waals surface area contributed by atoms with E-state index < -0.39 is 22.2 Å². The van der Waals surface area contributed by atoms with Crippen molar-refractivity contribution in [3.05, 3.63) is 30.1 Å². The number of amides is 2. The third kappa shape index (κ3) is 10.4. The van der Waals surface area contributed by atoms with Crippen molar-refractivity contribution in [2.75, 3.05) is 19.8 Å². The average molecular weight is 431 g/mol. The van der Waals surface area contributed by atoms with E-state index in [9.17, 15) is 22.8 Å². The van der Waals surface area contributed by atoms with Gasteiger partial charge < -0.3 is 19.6 Å². The summed E-state index contributed by atoms with van der Waals surface area (Å²) in [7, 11) is -2.36. The maximum absolute atomic E-state index is 12.0. The first kappa shape index (κ1) is 24.3. The van der Waals surface area contributed by atoms with Crippen molar-refractivity contribution in [3.63, 3.8) is 0 Å². The zero-order chi connectivity index (χ0) is 22.0. The Balaban J connectivity index is 2.56. The standard InChI is InChI=1S/C18H27N3O7S/c1-13(2)8-14(9-16(22)28-29(4,25)26)10-20-18(24)27-12-21-7-5-6-15(11-21)17(23)19-3/h5-7,11,13-14H,8-10,12H2,1-4H3,(H-,19,20,23,24)/p+1. The number of alkyl carbamates (subject to hydrolysis) is 1. The van der Waals surface area contributed by atoms with Gasteiger partial charge in [-0.15, -0.1) is 0 Å². The maximum atomic E-state index is 12.0. The van der Waals surface area contributed by atoms with Crippen LogP contribution in [-0.4, -0.2) is 46.2 Å². The summed E-state index contributed by atoms with van der Waals surface area (Å²) in [4.78, 5) is 35.3. The Morgan fingerprint density at radius 1 is 1.24 bits per heavy atom. The lowest BCUT2D eigenvalue weighted by Crippen LogP contribution is -2.40. The molecule has 0 aliphatic carbocycles. The quantitative estimate of drug-likeness (QED) is 0.410. The van der Waals surface area contributed by atoms with Gasteiger partial charge in [-0.25, -0.2) is 4.79 Å². The van der Waals surface area contributed by atoms with E-state index >= 15 is 0 Å². The highest BCUT2D eigenvalue weighted by molar-refractivity contribution is 7.86. The first-order valence-electron chi connectivity index (χ1n) is 9.04. The van der Waals surface area contributed by atoms with Crippen molar-refractivity contribution in [2.24, 2.45) is 11.8 Å². The minimum Gasteiger partial charge on any atom is -0.388 e. The van der Waals surface area contributed by atoms with Gasteiger partial charge in [-0.2, -0.15) is 13.0 Å². The molecule has 1 rings (SSSR count). The van der Waals surface area contributed by atoms with Gasteiger partial charge in [0.05, 0.1) is 12.7 Å². The summed E-state index contributed by atoms with van der Waals surface area (Å²) < 4.78 is 33.1. The Kier molecular flexibility index (Phi) is 9.53. The van der Waals surface area contributed by atoms with E-state index in [0.717, 1.165) is 6.26 Å². The summed E-state index contributed by atoms with van der Waals surface area (Å²) in [6.45, 7) is 3.91. The summed E-state index contributed by atoms with van der Waals surface area (Å²) in [6.07, 6.45) is 3.72. The van der Waals surface area contributed by atoms with Gasteiger partial charge in [-0.1, -0.05) is 13.8 Å². The highest BCUT2D eigenvalue weighted by atomic mass is 32.2. The van der Waals surface area contributed by atoms with Crippen LogP contribution in [0.25, 0.3) is 0 Å². The Bertz CT molecular complexity index is 824. The van der Waals surface area contributed by atoms with Crippen LogP contribution < -0.4 is 15.2 Å². The van der Waals surface area contributed by atoms with Crippen LogP contribution in [0.15, 0.2) is 24.5 Å². The van der Waals surface area contributed by atoms with Crippen LogP contribution in [0.5, 0.6) is 0 Å². The zero-order valence-electron chi connectivity index (χ0n) is 17.0. The summed E-state index contributed by atoms with van der Waals surface area (Å²) in [5.41, 5.74) is 0.417. The molecular weight excluding hydrogens is 402 g/mol. The molecule has 0 radical (unpaired) electrons. The SMILES string of the molecule is CNC(=O)c1ccc[n+](COC(=O)NCC(CC(=O)OS(C)(=O)=O)CC(C)C)c1. The number of rotatable bonds is 10. The zero-order valence-corrected chi connectivity index (χ0v) is 17.8. The Morgan fingerprint density at radius 3 is 2.52 bits per heavy atom. The molecule has 0 saturated carbocycles. The number of pyridine rings is 1. The molecule has 1 aromatic rings. The second-order valence-corrected chi connectivity index (χ2v) is 8.56. The van der Waals surface area contributed by atoms with Crippen molar-refractivity contribution >= 4 is 28.1 Å². The topological polar surface area (TPSA) is 132 Å². The van der Waals surface area contributed by atoms with Gasteiger partial charge in [0, 0.05) is 19.7 Å². The first-order valence-corrected chi connectivity index (χ1v) is 10.9. The largest absolute Gasteiger partial charge is 0.412 e. The molecule has 162 valence electrons. The summed E-state index contributed by atoms with van der Waals surface area (Å²) in [6, 6.07) is 3.28. The average Bonchev–Trinajstić information content (AvgIpc) is 2.62. The molecule has 0 spiro atoms. The van der Waals surface area contributed by atoms with E-state index in [-0.39, 0.29) is 37.4 Å². The Morgan fingerprint density at radius 2 is 1.93 bits per heavy atom. The first-order chi connectivity index (χ1) is 13.5. The molecule has 0 aromatic carbocycles.